The normalized spacial score (nSPS) is 12.9. The average molecular weight is 287 g/mol. The molecular weight excluding hydrogens is 270 g/mol. The van der Waals surface area contributed by atoms with Gasteiger partial charge in [0.1, 0.15) is 0 Å². The zero-order valence-electron chi connectivity index (χ0n) is 10.6. The molecule has 7 heteroatoms. The number of aliphatic hydroxyl groups is 1. The van der Waals surface area contributed by atoms with E-state index < -0.39 is 22.1 Å². The lowest BCUT2D eigenvalue weighted by molar-refractivity contribution is -0.149. The third kappa shape index (κ3) is 5.82. The van der Waals surface area contributed by atoms with E-state index in [1.807, 2.05) is 30.3 Å². The van der Waals surface area contributed by atoms with Gasteiger partial charge in [-0.05, 0) is 12.0 Å². The first-order valence-electron chi connectivity index (χ1n) is 5.72. The van der Waals surface area contributed by atoms with Crippen molar-refractivity contribution in [2.75, 3.05) is 19.4 Å². The summed E-state index contributed by atoms with van der Waals surface area (Å²) in [5, 5.41) is 9.26. The second-order valence-corrected chi connectivity index (χ2v) is 5.87. The molecule has 0 radical (unpaired) electrons. The third-order valence-electron chi connectivity index (χ3n) is 2.47. The van der Waals surface area contributed by atoms with Gasteiger partial charge in [0.05, 0.1) is 12.9 Å². The Bertz CT molecular complexity index is 500. The fraction of sp³-hybridized carbons (Fsp3) is 0.417. The molecule has 0 aliphatic rings. The summed E-state index contributed by atoms with van der Waals surface area (Å²) in [5.74, 6) is -0.976. The van der Waals surface area contributed by atoms with Gasteiger partial charge in [-0.15, -0.1) is 0 Å². The molecule has 19 heavy (non-hydrogen) atoms. The Labute approximate surface area is 112 Å². The van der Waals surface area contributed by atoms with Crippen LogP contribution < -0.4 is 4.72 Å². The van der Waals surface area contributed by atoms with Crippen molar-refractivity contribution in [2.45, 2.75) is 12.5 Å². The molecule has 1 aromatic carbocycles. The molecule has 1 rings (SSSR count). The lowest BCUT2D eigenvalue weighted by Crippen LogP contribution is -2.38. The van der Waals surface area contributed by atoms with Crippen molar-refractivity contribution < 1.29 is 23.1 Å². The van der Waals surface area contributed by atoms with E-state index in [9.17, 15) is 18.3 Å². The first-order valence-corrected chi connectivity index (χ1v) is 7.37. The van der Waals surface area contributed by atoms with E-state index in [1.54, 1.807) is 0 Å². The Hall–Kier alpha value is -1.44. The number of carbonyl (C=O) groups excluding carboxylic acids is 1. The Balaban J connectivity index is 2.42. The van der Waals surface area contributed by atoms with Crippen LogP contribution in [0.25, 0.3) is 0 Å². The van der Waals surface area contributed by atoms with Crippen LogP contribution in [0, 0.1) is 0 Å². The molecular formula is C12H17NO5S. The van der Waals surface area contributed by atoms with Crippen molar-refractivity contribution in [1.82, 2.24) is 4.72 Å². The average Bonchev–Trinajstić information content (AvgIpc) is 2.43. The predicted octanol–water partition coefficient (Wildman–Crippen LogP) is -0.318. The topological polar surface area (TPSA) is 92.7 Å². The van der Waals surface area contributed by atoms with E-state index >= 15 is 0 Å². The van der Waals surface area contributed by atoms with Gasteiger partial charge in [-0.1, -0.05) is 30.3 Å². The molecule has 0 saturated carbocycles. The lowest BCUT2D eigenvalue weighted by atomic mass is 10.2. The number of rotatable bonds is 7. The van der Waals surface area contributed by atoms with Crippen molar-refractivity contribution in [2.24, 2.45) is 0 Å². The van der Waals surface area contributed by atoms with E-state index in [2.05, 4.69) is 9.46 Å². The van der Waals surface area contributed by atoms with E-state index in [0.29, 0.717) is 6.42 Å². The predicted molar refractivity (Wildman–Crippen MR) is 70.0 cm³/mol. The SMILES string of the molecule is COC(=O)C(O)CNS(=O)(=O)CCc1ccccc1. The molecule has 0 heterocycles. The maximum absolute atomic E-state index is 11.6. The standard InChI is InChI=1S/C12H17NO5S/c1-18-12(15)11(14)9-13-19(16,17)8-7-10-5-3-2-4-6-10/h2-6,11,13-14H,7-9H2,1H3. The Morgan fingerprint density at radius 2 is 2.00 bits per heavy atom. The number of hydrogen-bond donors (Lipinski definition) is 2. The molecule has 0 aromatic heterocycles. The number of aliphatic hydroxyl groups excluding tert-OH is 1. The van der Waals surface area contributed by atoms with Crippen LogP contribution in [0.5, 0.6) is 0 Å². The van der Waals surface area contributed by atoms with Gasteiger partial charge in [0.25, 0.3) is 0 Å². The molecule has 6 nitrogen and oxygen atoms in total. The van der Waals surface area contributed by atoms with Crippen molar-refractivity contribution >= 4 is 16.0 Å². The first kappa shape index (κ1) is 15.6. The fourth-order valence-corrected chi connectivity index (χ4v) is 2.45. The van der Waals surface area contributed by atoms with Crippen LogP contribution in [0.3, 0.4) is 0 Å². The highest BCUT2D eigenvalue weighted by Gasteiger charge is 2.18. The van der Waals surface area contributed by atoms with E-state index in [0.717, 1.165) is 12.7 Å². The molecule has 0 fully saturated rings. The maximum Gasteiger partial charge on any atom is 0.336 e. The molecule has 1 aromatic rings. The summed E-state index contributed by atoms with van der Waals surface area (Å²) in [4.78, 5) is 10.9. The van der Waals surface area contributed by atoms with Gasteiger partial charge in [0.15, 0.2) is 6.10 Å². The molecule has 0 aliphatic carbocycles. The summed E-state index contributed by atoms with van der Waals surface area (Å²) >= 11 is 0. The Kier molecular flexibility index (Phi) is 5.94. The first-order chi connectivity index (χ1) is 8.94. The van der Waals surface area contributed by atoms with Crippen molar-refractivity contribution in [3.05, 3.63) is 35.9 Å². The summed E-state index contributed by atoms with van der Waals surface area (Å²) in [6, 6.07) is 9.17. The summed E-state index contributed by atoms with van der Waals surface area (Å²) in [6.45, 7) is -0.385. The highest BCUT2D eigenvalue weighted by molar-refractivity contribution is 7.89. The van der Waals surface area contributed by atoms with Crippen LogP contribution >= 0.6 is 0 Å². The minimum atomic E-state index is -3.53. The third-order valence-corrected chi connectivity index (χ3v) is 3.82. The van der Waals surface area contributed by atoms with Gasteiger partial charge in [-0.2, -0.15) is 0 Å². The molecule has 0 amide bonds. The number of methoxy groups -OCH3 is 1. The summed E-state index contributed by atoms with van der Waals surface area (Å²) in [6.07, 6.45) is -1.12. The van der Waals surface area contributed by atoms with Gasteiger partial charge in [0, 0.05) is 6.54 Å². The van der Waals surface area contributed by atoms with Gasteiger partial charge in [0.2, 0.25) is 10.0 Å². The van der Waals surface area contributed by atoms with Crippen LogP contribution in [0.1, 0.15) is 5.56 Å². The molecule has 0 spiro atoms. The lowest BCUT2D eigenvalue weighted by Gasteiger charge is -2.10. The second kappa shape index (κ2) is 7.22. The fourth-order valence-electron chi connectivity index (χ4n) is 1.39. The van der Waals surface area contributed by atoms with Crippen LogP contribution in [-0.2, 0) is 26.0 Å². The maximum atomic E-state index is 11.6. The second-order valence-electron chi connectivity index (χ2n) is 3.94. The zero-order valence-corrected chi connectivity index (χ0v) is 11.4. The number of hydrogen-bond acceptors (Lipinski definition) is 5. The van der Waals surface area contributed by atoms with Gasteiger partial charge >= 0.3 is 5.97 Å². The number of sulfonamides is 1. The molecule has 0 bridgehead atoms. The molecule has 1 atom stereocenters. The summed E-state index contributed by atoms with van der Waals surface area (Å²) < 4.78 is 29.7. The largest absolute Gasteiger partial charge is 0.467 e. The highest BCUT2D eigenvalue weighted by Crippen LogP contribution is 2.01. The van der Waals surface area contributed by atoms with Gasteiger partial charge < -0.3 is 9.84 Å². The van der Waals surface area contributed by atoms with Crippen LogP contribution in [0.2, 0.25) is 0 Å². The molecule has 0 aliphatic heterocycles. The number of carbonyl (C=O) groups is 1. The van der Waals surface area contributed by atoms with Gasteiger partial charge in [-0.25, -0.2) is 17.9 Å². The number of nitrogens with one attached hydrogen (secondary N) is 1. The smallest absolute Gasteiger partial charge is 0.336 e. The number of esters is 1. The Morgan fingerprint density at radius 1 is 1.37 bits per heavy atom. The highest BCUT2D eigenvalue weighted by atomic mass is 32.2. The number of ether oxygens (including phenoxy) is 1. The minimum Gasteiger partial charge on any atom is -0.467 e. The van der Waals surface area contributed by atoms with Crippen LogP contribution in [-0.4, -0.2) is 45.0 Å². The monoisotopic (exact) mass is 287 g/mol. The van der Waals surface area contributed by atoms with Crippen molar-refractivity contribution in [3.8, 4) is 0 Å². The van der Waals surface area contributed by atoms with Crippen LogP contribution in [0.15, 0.2) is 30.3 Å². The minimum absolute atomic E-state index is 0.106. The quantitative estimate of drug-likeness (QED) is 0.671. The molecule has 1 unspecified atom stereocenters. The van der Waals surface area contributed by atoms with Gasteiger partial charge in [-0.3, -0.25) is 0 Å². The molecule has 106 valence electrons. The number of aryl methyl sites for hydroxylation is 1. The van der Waals surface area contributed by atoms with Crippen molar-refractivity contribution in [1.29, 1.82) is 0 Å². The molecule has 0 saturated heterocycles. The van der Waals surface area contributed by atoms with Crippen molar-refractivity contribution in [3.63, 3.8) is 0 Å². The summed E-state index contributed by atoms with van der Waals surface area (Å²) in [7, 11) is -2.41. The van der Waals surface area contributed by atoms with E-state index in [4.69, 9.17) is 0 Å². The number of benzene rings is 1. The van der Waals surface area contributed by atoms with E-state index in [1.165, 1.54) is 0 Å². The van der Waals surface area contributed by atoms with Crippen LogP contribution in [0.4, 0.5) is 0 Å². The Morgan fingerprint density at radius 3 is 2.58 bits per heavy atom. The zero-order chi connectivity index (χ0) is 14.3. The van der Waals surface area contributed by atoms with E-state index in [-0.39, 0.29) is 12.3 Å². The molecule has 2 N–H and O–H groups in total. The summed E-state index contributed by atoms with van der Waals surface area (Å²) in [5.41, 5.74) is 0.904.